The van der Waals surface area contributed by atoms with E-state index in [1.165, 1.54) is 0 Å². The van der Waals surface area contributed by atoms with Gasteiger partial charge in [-0.1, -0.05) is 6.07 Å². The first-order chi connectivity index (χ1) is 8.11. The van der Waals surface area contributed by atoms with Gasteiger partial charge in [-0.2, -0.15) is 0 Å². The molecule has 5 heteroatoms. The van der Waals surface area contributed by atoms with Crippen molar-refractivity contribution in [2.45, 2.75) is 31.9 Å². The fraction of sp³-hybridized carbons (Fsp3) is 0.500. The third kappa shape index (κ3) is 4.93. The molecular weight excluding hydrogens is 218 g/mol. The Labute approximate surface area is 101 Å². The average Bonchev–Trinajstić information content (AvgIpc) is 2.34. The Morgan fingerprint density at radius 3 is 2.94 bits per heavy atom. The van der Waals surface area contributed by atoms with Crippen molar-refractivity contribution >= 4 is 5.91 Å². The van der Waals surface area contributed by atoms with Crippen LogP contribution in [0.25, 0.3) is 0 Å². The molecule has 0 aromatic carbocycles. The first-order valence-corrected chi connectivity index (χ1v) is 5.73. The Kier molecular flexibility index (Phi) is 5.59. The fourth-order valence-corrected chi connectivity index (χ4v) is 1.41. The molecule has 0 saturated heterocycles. The van der Waals surface area contributed by atoms with Gasteiger partial charge in [-0.3, -0.25) is 9.78 Å². The van der Waals surface area contributed by atoms with Gasteiger partial charge in [-0.05, 0) is 31.9 Å². The van der Waals surface area contributed by atoms with E-state index in [-0.39, 0.29) is 12.0 Å². The van der Waals surface area contributed by atoms with Gasteiger partial charge >= 0.3 is 0 Å². The zero-order valence-corrected chi connectivity index (χ0v) is 9.97. The number of nitrogens with two attached hydrogens (primary N) is 1. The highest BCUT2D eigenvalue weighted by molar-refractivity contribution is 5.82. The lowest BCUT2D eigenvalue weighted by Crippen LogP contribution is -2.35. The summed E-state index contributed by atoms with van der Waals surface area (Å²) in [5.41, 5.74) is 6.31. The maximum Gasteiger partial charge on any atom is 0.243 e. The minimum atomic E-state index is -0.734. The van der Waals surface area contributed by atoms with E-state index in [9.17, 15) is 4.79 Å². The highest BCUT2D eigenvalue weighted by Gasteiger charge is 2.15. The molecule has 0 aliphatic rings. The van der Waals surface area contributed by atoms with Crippen LogP contribution < -0.4 is 11.1 Å². The number of nitrogens with zero attached hydrogens (tertiary/aromatic N) is 1. The molecule has 1 heterocycles. The minimum Gasteiger partial charge on any atom is -0.393 e. The molecule has 1 aromatic rings. The van der Waals surface area contributed by atoms with E-state index in [1.54, 1.807) is 31.3 Å². The molecule has 0 saturated carbocycles. The minimum absolute atomic E-state index is 0.241. The molecule has 5 nitrogen and oxygen atoms in total. The van der Waals surface area contributed by atoms with E-state index >= 15 is 0 Å². The zero-order chi connectivity index (χ0) is 12.7. The van der Waals surface area contributed by atoms with E-state index < -0.39 is 6.04 Å². The SMILES string of the molecule is CC(O)CCCNC(=O)C(N)c1ccccn1. The van der Waals surface area contributed by atoms with E-state index in [2.05, 4.69) is 10.3 Å². The summed E-state index contributed by atoms with van der Waals surface area (Å²) in [5.74, 6) is -0.241. The Hall–Kier alpha value is -1.46. The lowest BCUT2D eigenvalue weighted by atomic mass is 10.2. The molecule has 0 aliphatic heterocycles. The number of carbonyl (C=O) groups is 1. The number of aliphatic hydroxyl groups is 1. The number of amides is 1. The molecular formula is C12H19N3O2. The van der Waals surface area contributed by atoms with Gasteiger partial charge in [-0.15, -0.1) is 0 Å². The smallest absolute Gasteiger partial charge is 0.243 e. The van der Waals surface area contributed by atoms with Crippen LogP contribution in [0.1, 0.15) is 31.5 Å². The molecule has 1 rings (SSSR count). The van der Waals surface area contributed by atoms with Crippen molar-refractivity contribution in [2.24, 2.45) is 5.73 Å². The molecule has 2 atom stereocenters. The highest BCUT2D eigenvalue weighted by Crippen LogP contribution is 2.05. The van der Waals surface area contributed by atoms with Crippen LogP contribution in [0.2, 0.25) is 0 Å². The second-order valence-corrected chi connectivity index (χ2v) is 4.01. The summed E-state index contributed by atoms with van der Waals surface area (Å²) in [6.07, 6.45) is 2.67. The maximum atomic E-state index is 11.6. The van der Waals surface area contributed by atoms with Gasteiger partial charge in [0.1, 0.15) is 6.04 Å². The predicted octanol–water partition coefficient (Wildman–Crippen LogP) is 0.359. The summed E-state index contributed by atoms with van der Waals surface area (Å²) in [5, 5.41) is 11.8. The number of carbonyl (C=O) groups excluding carboxylic acids is 1. The number of pyridine rings is 1. The molecule has 1 amide bonds. The summed E-state index contributed by atoms with van der Waals surface area (Å²) < 4.78 is 0. The third-order valence-electron chi connectivity index (χ3n) is 2.39. The Balaban J connectivity index is 2.33. The lowest BCUT2D eigenvalue weighted by molar-refractivity contribution is -0.122. The molecule has 0 spiro atoms. The Morgan fingerprint density at radius 2 is 2.35 bits per heavy atom. The van der Waals surface area contributed by atoms with E-state index in [0.29, 0.717) is 18.7 Å². The molecule has 2 unspecified atom stereocenters. The fourth-order valence-electron chi connectivity index (χ4n) is 1.41. The molecule has 1 aromatic heterocycles. The van der Waals surface area contributed by atoms with Crippen molar-refractivity contribution in [3.8, 4) is 0 Å². The van der Waals surface area contributed by atoms with E-state index in [1.807, 2.05) is 0 Å². The Bertz CT molecular complexity index is 341. The molecule has 4 N–H and O–H groups in total. The molecule has 94 valence electrons. The van der Waals surface area contributed by atoms with Crippen molar-refractivity contribution in [1.29, 1.82) is 0 Å². The van der Waals surface area contributed by atoms with Crippen LogP contribution in [0.15, 0.2) is 24.4 Å². The van der Waals surface area contributed by atoms with Crippen molar-refractivity contribution < 1.29 is 9.90 Å². The van der Waals surface area contributed by atoms with Crippen LogP contribution in [0.3, 0.4) is 0 Å². The van der Waals surface area contributed by atoms with Gasteiger partial charge in [0, 0.05) is 12.7 Å². The Morgan fingerprint density at radius 1 is 1.59 bits per heavy atom. The molecule has 0 radical (unpaired) electrons. The molecule has 0 fully saturated rings. The number of aromatic nitrogens is 1. The van der Waals surface area contributed by atoms with Gasteiger partial charge in [0.05, 0.1) is 11.8 Å². The van der Waals surface area contributed by atoms with Crippen LogP contribution in [0, 0.1) is 0 Å². The van der Waals surface area contributed by atoms with Crippen LogP contribution in [0.4, 0.5) is 0 Å². The number of aliphatic hydroxyl groups excluding tert-OH is 1. The monoisotopic (exact) mass is 237 g/mol. The number of hydrogen-bond acceptors (Lipinski definition) is 4. The molecule has 0 aliphatic carbocycles. The second-order valence-electron chi connectivity index (χ2n) is 4.01. The first-order valence-electron chi connectivity index (χ1n) is 5.73. The number of rotatable bonds is 6. The summed E-state index contributed by atoms with van der Waals surface area (Å²) in [4.78, 5) is 15.7. The van der Waals surface area contributed by atoms with Gasteiger partial charge < -0.3 is 16.2 Å². The largest absolute Gasteiger partial charge is 0.393 e. The average molecular weight is 237 g/mol. The van der Waals surface area contributed by atoms with Crippen molar-refractivity contribution in [2.75, 3.05) is 6.54 Å². The molecule has 0 bridgehead atoms. The van der Waals surface area contributed by atoms with E-state index in [0.717, 1.165) is 6.42 Å². The van der Waals surface area contributed by atoms with Crippen molar-refractivity contribution in [3.63, 3.8) is 0 Å². The van der Waals surface area contributed by atoms with Crippen LogP contribution in [-0.2, 0) is 4.79 Å². The van der Waals surface area contributed by atoms with Crippen molar-refractivity contribution in [1.82, 2.24) is 10.3 Å². The van der Waals surface area contributed by atoms with Crippen molar-refractivity contribution in [3.05, 3.63) is 30.1 Å². The van der Waals surface area contributed by atoms with Crippen LogP contribution in [-0.4, -0.2) is 28.6 Å². The van der Waals surface area contributed by atoms with Gasteiger partial charge in [0.25, 0.3) is 0 Å². The van der Waals surface area contributed by atoms with E-state index in [4.69, 9.17) is 10.8 Å². The summed E-state index contributed by atoms with van der Waals surface area (Å²) in [6, 6.07) is 4.56. The van der Waals surface area contributed by atoms with Gasteiger partial charge in [0.15, 0.2) is 0 Å². The quantitative estimate of drug-likeness (QED) is 0.623. The predicted molar refractivity (Wildman–Crippen MR) is 65.1 cm³/mol. The highest BCUT2D eigenvalue weighted by atomic mass is 16.3. The molecule has 17 heavy (non-hydrogen) atoms. The van der Waals surface area contributed by atoms with Crippen LogP contribution >= 0.6 is 0 Å². The maximum absolute atomic E-state index is 11.6. The van der Waals surface area contributed by atoms with Crippen LogP contribution in [0.5, 0.6) is 0 Å². The standard InChI is InChI=1S/C12H19N3O2/c1-9(16)5-4-8-15-12(17)11(13)10-6-2-3-7-14-10/h2-3,6-7,9,11,16H,4-5,8,13H2,1H3,(H,15,17). The zero-order valence-electron chi connectivity index (χ0n) is 9.97. The van der Waals surface area contributed by atoms with Gasteiger partial charge in [0.2, 0.25) is 5.91 Å². The summed E-state index contributed by atoms with van der Waals surface area (Å²) in [7, 11) is 0. The number of nitrogens with one attached hydrogen (secondary N) is 1. The van der Waals surface area contributed by atoms with Gasteiger partial charge in [-0.25, -0.2) is 0 Å². The third-order valence-corrected chi connectivity index (χ3v) is 2.39. The topological polar surface area (TPSA) is 88.2 Å². The summed E-state index contributed by atoms with van der Waals surface area (Å²) >= 11 is 0. The summed E-state index contributed by atoms with van der Waals surface area (Å²) in [6.45, 7) is 2.24. The normalized spacial score (nSPS) is 14.1. The lowest BCUT2D eigenvalue weighted by Gasteiger charge is -2.11. The number of hydrogen-bond donors (Lipinski definition) is 3. The first kappa shape index (κ1) is 13.6. The second kappa shape index (κ2) is 6.98.